The molecule has 1 N–H and O–H groups in total. The predicted octanol–water partition coefficient (Wildman–Crippen LogP) is 2.47. The SMILES string of the molecule is CCn1nc(C)c(NC(=O)c2nn(C)c(C)c2Cl)c1C. The second-order valence-corrected chi connectivity index (χ2v) is 5.07. The summed E-state index contributed by atoms with van der Waals surface area (Å²) >= 11 is 6.12. The van der Waals surface area contributed by atoms with Crippen LogP contribution in [0.15, 0.2) is 0 Å². The summed E-state index contributed by atoms with van der Waals surface area (Å²) in [6.07, 6.45) is 0. The van der Waals surface area contributed by atoms with E-state index in [1.807, 2.05) is 32.4 Å². The second-order valence-electron chi connectivity index (χ2n) is 4.69. The maximum Gasteiger partial charge on any atom is 0.277 e. The van der Waals surface area contributed by atoms with Gasteiger partial charge in [0.2, 0.25) is 0 Å². The number of aryl methyl sites for hydroxylation is 3. The molecule has 7 heteroatoms. The highest BCUT2D eigenvalue weighted by Crippen LogP contribution is 2.23. The summed E-state index contributed by atoms with van der Waals surface area (Å²) in [7, 11) is 1.75. The van der Waals surface area contributed by atoms with Crippen LogP contribution in [0.3, 0.4) is 0 Å². The Labute approximate surface area is 122 Å². The van der Waals surface area contributed by atoms with Gasteiger partial charge in [-0.3, -0.25) is 14.2 Å². The number of aromatic nitrogens is 4. The third kappa shape index (κ3) is 2.31. The van der Waals surface area contributed by atoms with Crippen molar-refractivity contribution in [3.8, 4) is 0 Å². The number of nitrogens with one attached hydrogen (secondary N) is 1. The number of nitrogens with zero attached hydrogens (tertiary/aromatic N) is 4. The zero-order valence-corrected chi connectivity index (χ0v) is 13.0. The number of halogens is 1. The molecule has 20 heavy (non-hydrogen) atoms. The van der Waals surface area contributed by atoms with Gasteiger partial charge in [0.1, 0.15) is 0 Å². The third-order valence-electron chi connectivity index (χ3n) is 3.40. The summed E-state index contributed by atoms with van der Waals surface area (Å²) in [4.78, 5) is 12.3. The smallest absolute Gasteiger partial charge is 0.277 e. The minimum atomic E-state index is -0.319. The molecule has 0 spiro atoms. The third-order valence-corrected chi connectivity index (χ3v) is 3.85. The van der Waals surface area contributed by atoms with Crippen LogP contribution in [0.2, 0.25) is 5.02 Å². The topological polar surface area (TPSA) is 64.7 Å². The highest BCUT2D eigenvalue weighted by Gasteiger charge is 2.21. The van der Waals surface area contributed by atoms with Gasteiger partial charge in [-0.25, -0.2) is 0 Å². The van der Waals surface area contributed by atoms with E-state index < -0.39 is 0 Å². The van der Waals surface area contributed by atoms with Gasteiger partial charge in [-0.15, -0.1) is 0 Å². The Morgan fingerprint density at radius 2 is 1.90 bits per heavy atom. The molecule has 0 aliphatic rings. The molecule has 2 aromatic rings. The van der Waals surface area contributed by atoms with E-state index in [1.54, 1.807) is 11.7 Å². The normalized spacial score (nSPS) is 10.9. The van der Waals surface area contributed by atoms with E-state index in [2.05, 4.69) is 15.5 Å². The van der Waals surface area contributed by atoms with Crippen LogP contribution in [-0.2, 0) is 13.6 Å². The standard InChI is InChI=1S/C13H18ClN5O/c1-6-19-9(4)11(7(2)16-19)15-13(20)12-10(14)8(3)18(5)17-12/h6H2,1-5H3,(H,15,20). The molecule has 0 atom stereocenters. The molecule has 0 aromatic carbocycles. The van der Waals surface area contributed by atoms with Crippen molar-refractivity contribution in [2.75, 3.05) is 5.32 Å². The number of hydrogen-bond donors (Lipinski definition) is 1. The molecule has 2 aromatic heterocycles. The molecular weight excluding hydrogens is 278 g/mol. The number of rotatable bonds is 3. The van der Waals surface area contributed by atoms with Crippen LogP contribution in [0, 0.1) is 20.8 Å². The number of carbonyl (C=O) groups excluding carboxylic acids is 1. The van der Waals surface area contributed by atoms with Crippen LogP contribution < -0.4 is 5.32 Å². The molecule has 6 nitrogen and oxygen atoms in total. The quantitative estimate of drug-likeness (QED) is 0.946. The Morgan fingerprint density at radius 3 is 2.35 bits per heavy atom. The molecule has 0 fully saturated rings. The fraction of sp³-hybridized carbons (Fsp3) is 0.462. The molecule has 0 radical (unpaired) electrons. The van der Waals surface area contributed by atoms with Crippen molar-refractivity contribution in [3.05, 3.63) is 27.8 Å². The van der Waals surface area contributed by atoms with Crippen molar-refractivity contribution in [2.24, 2.45) is 7.05 Å². The first-order valence-corrected chi connectivity index (χ1v) is 6.79. The molecule has 1 amide bonds. The van der Waals surface area contributed by atoms with E-state index in [4.69, 9.17) is 11.6 Å². The van der Waals surface area contributed by atoms with Gasteiger partial charge in [-0.1, -0.05) is 11.6 Å². The Hall–Kier alpha value is -1.82. The Bertz CT molecular complexity index is 671. The van der Waals surface area contributed by atoms with Crippen LogP contribution >= 0.6 is 11.6 Å². The second kappa shape index (κ2) is 5.28. The first kappa shape index (κ1) is 14.6. The summed E-state index contributed by atoms with van der Waals surface area (Å²) in [5.41, 5.74) is 3.41. The Morgan fingerprint density at radius 1 is 1.25 bits per heavy atom. The molecule has 0 saturated heterocycles. The van der Waals surface area contributed by atoms with Crippen molar-refractivity contribution < 1.29 is 4.79 Å². The van der Waals surface area contributed by atoms with Crippen LogP contribution in [0.1, 0.15) is 34.5 Å². The number of amides is 1. The van der Waals surface area contributed by atoms with E-state index in [1.165, 1.54) is 0 Å². The van der Waals surface area contributed by atoms with Gasteiger partial charge in [0.15, 0.2) is 5.69 Å². The molecule has 0 saturated carbocycles. The summed E-state index contributed by atoms with van der Waals surface area (Å²) in [5, 5.41) is 11.7. The molecule has 2 rings (SSSR count). The number of carbonyl (C=O) groups is 1. The molecular formula is C13H18ClN5O. The van der Waals surface area contributed by atoms with Gasteiger partial charge < -0.3 is 5.32 Å². The van der Waals surface area contributed by atoms with E-state index >= 15 is 0 Å². The average molecular weight is 296 g/mol. The zero-order chi connectivity index (χ0) is 15.0. The molecule has 0 unspecified atom stereocenters. The van der Waals surface area contributed by atoms with Gasteiger partial charge in [0.25, 0.3) is 5.91 Å². The summed E-state index contributed by atoms with van der Waals surface area (Å²) in [6.45, 7) is 8.36. The lowest BCUT2D eigenvalue weighted by Crippen LogP contribution is -2.14. The fourth-order valence-electron chi connectivity index (χ4n) is 2.09. The van der Waals surface area contributed by atoms with Gasteiger partial charge in [0.05, 0.1) is 27.8 Å². The minimum absolute atomic E-state index is 0.231. The Kier molecular flexibility index (Phi) is 3.85. The predicted molar refractivity (Wildman–Crippen MR) is 78.3 cm³/mol. The van der Waals surface area contributed by atoms with E-state index in [0.717, 1.165) is 29.3 Å². The summed E-state index contributed by atoms with van der Waals surface area (Å²) < 4.78 is 3.43. The Balaban J connectivity index is 2.33. The lowest BCUT2D eigenvalue weighted by molar-refractivity contribution is 0.102. The lowest BCUT2D eigenvalue weighted by Gasteiger charge is -2.04. The average Bonchev–Trinajstić information content (AvgIpc) is 2.83. The van der Waals surface area contributed by atoms with Crippen molar-refractivity contribution >= 4 is 23.2 Å². The molecule has 0 bridgehead atoms. The largest absolute Gasteiger partial charge is 0.317 e. The maximum atomic E-state index is 12.3. The van der Waals surface area contributed by atoms with Crippen molar-refractivity contribution in [1.29, 1.82) is 0 Å². The van der Waals surface area contributed by atoms with Crippen LogP contribution in [0.4, 0.5) is 5.69 Å². The first-order valence-electron chi connectivity index (χ1n) is 6.41. The zero-order valence-electron chi connectivity index (χ0n) is 12.3. The molecule has 2 heterocycles. The number of hydrogen-bond acceptors (Lipinski definition) is 3. The number of anilines is 1. The van der Waals surface area contributed by atoms with Gasteiger partial charge in [-0.2, -0.15) is 10.2 Å². The van der Waals surface area contributed by atoms with Crippen molar-refractivity contribution in [2.45, 2.75) is 34.2 Å². The van der Waals surface area contributed by atoms with E-state index in [9.17, 15) is 4.79 Å². The lowest BCUT2D eigenvalue weighted by atomic mass is 10.3. The fourth-order valence-corrected chi connectivity index (χ4v) is 2.33. The summed E-state index contributed by atoms with van der Waals surface area (Å²) in [5.74, 6) is -0.319. The molecule has 108 valence electrons. The maximum absolute atomic E-state index is 12.3. The van der Waals surface area contributed by atoms with Gasteiger partial charge >= 0.3 is 0 Å². The molecule has 0 aliphatic carbocycles. The van der Waals surface area contributed by atoms with Gasteiger partial charge in [-0.05, 0) is 27.7 Å². The molecule has 0 aliphatic heterocycles. The van der Waals surface area contributed by atoms with Crippen LogP contribution in [0.5, 0.6) is 0 Å². The monoisotopic (exact) mass is 295 g/mol. The first-order chi connectivity index (χ1) is 9.36. The highest BCUT2D eigenvalue weighted by atomic mass is 35.5. The highest BCUT2D eigenvalue weighted by molar-refractivity contribution is 6.34. The minimum Gasteiger partial charge on any atom is -0.317 e. The van der Waals surface area contributed by atoms with Crippen LogP contribution in [0.25, 0.3) is 0 Å². The summed E-state index contributed by atoms with van der Waals surface area (Å²) in [6, 6.07) is 0. The van der Waals surface area contributed by atoms with Crippen molar-refractivity contribution in [1.82, 2.24) is 19.6 Å². The van der Waals surface area contributed by atoms with Crippen LogP contribution in [-0.4, -0.2) is 25.5 Å². The van der Waals surface area contributed by atoms with Crippen molar-refractivity contribution in [3.63, 3.8) is 0 Å². The van der Waals surface area contributed by atoms with E-state index in [-0.39, 0.29) is 11.6 Å². The van der Waals surface area contributed by atoms with Gasteiger partial charge in [0, 0.05) is 13.6 Å². The van der Waals surface area contributed by atoms with E-state index in [0.29, 0.717) is 5.02 Å².